The zero-order valence-electron chi connectivity index (χ0n) is 17.6. The third kappa shape index (κ3) is 4.11. The van der Waals surface area contributed by atoms with Gasteiger partial charge in [-0.3, -0.25) is 14.1 Å². The standard InChI is InChI=1S/C24H18FN3O5S/c25-17-4-7-19(8-5-17)28(14-24(29)27-18-6-9-21-22(12-18)33-15-32-21)34(30,31)23-3-1-2-16-13-26-11-10-20(16)23/h1-13H,14-15H2,(H,27,29). The maximum atomic E-state index is 13.8. The Morgan fingerprint density at radius 2 is 1.82 bits per heavy atom. The van der Waals surface area contributed by atoms with Gasteiger partial charge in [0.2, 0.25) is 12.7 Å². The number of pyridine rings is 1. The molecule has 1 amide bonds. The maximum Gasteiger partial charge on any atom is 0.265 e. The zero-order chi connectivity index (χ0) is 23.7. The summed E-state index contributed by atoms with van der Waals surface area (Å²) in [6.07, 6.45) is 3.05. The molecular weight excluding hydrogens is 461 g/mol. The molecule has 0 bridgehead atoms. The van der Waals surface area contributed by atoms with E-state index in [0.717, 1.165) is 16.4 Å². The number of rotatable bonds is 6. The van der Waals surface area contributed by atoms with Gasteiger partial charge < -0.3 is 14.8 Å². The third-order valence-electron chi connectivity index (χ3n) is 5.27. The van der Waals surface area contributed by atoms with E-state index in [-0.39, 0.29) is 17.4 Å². The summed E-state index contributed by atoms with van der Waals surface area (Å²) < 4.78 is 52.6. The van der Waals surface area contributed by atoms with Crippen LogP contribution in [0.3, 0.4) is 0 Å². The molecule has 0 radical (unpaired) electrons. The van der Waals surface area contributed by atoms with Gasteiger partial charge in [0.25, 0.3) is 10.0 Å². The van der Waals surface area contributed by atoms with Gasteiger partial charge in [0.1, 0.15) is 12.4 Å². The molecule has 0 unspecified atom stereocenters. The molecule has 5 rings (SSSR count). The molecule has 172 valence electrons. The maximum absolute atomic E-state index is 13.8. The van der Waals surface area contributed by atoms with Crippen molar-refractivity contribution in [1.29, 1.82) is 0 Å². The quantitative estimate of drug-likeness (QED) is 0.450. The molecule has 3 aromatic carbocycles. The SMILES string of the molecule is O=C(CN(c1ccc(F)cc1)S(=O)(=O)c1cccc2cnccc12)Nc1ccc2c(c1)OCO2. The number of ether oxygens (including phenoxy) is 2. The number of carbonyl (C=O) groups excluding carboxylic acids is 1. The fourth-order valence-electron chi connectivity index (χ4n) is 3.66. The normalized spacial score (nSPS) is 12.5. The number of halogens is 1. The van der Waals surface area contributed by atoms with E-state index >= 15 is 0 Å². The van der Waals surface area contributed by atoms with Crippen LogP contribution in [-0.4, -0.2) is 32.6 Å². The van der Waals surface area contributed by atoms with Crippen LogP contribution in [0.4, 0.5) is 15.8 Å². The Kier molecular flexibility index (Phi) is 5.50. The Hall–Kier alpha value is -4.18. The molecule has 0 atom stereocenters. The van der Waals surface area contributed by atoms with E-state index < -0.39 is 28.3 Å². The highest BCUT2D eigenvalue weighted by Crippen LogP contribution is 2.34. The van der Waals surface area contributed by atoms with E-state index in [2.05, 4.69) is 10.3 Å². The average Bonchev–Trinajstić information content (AvgIpc) is 3.31. The molecule has 1 aliphatic rings. The number of aromatic nitrogens is 1. The first kappa shape index (κ1) is 21.7. The number of hydrogen-bond acceptors (Lipinski definition) is 6. The summed E-state index contributed by atoms with van der Waals surface area (Å²) in [7, 11) is -4.21. The van der Waals surface area contributed by atoms with Crippen molar-refractivity contribution >= 4 is 38.1 Å². The van der Waals surface area contributed by atoms with E-state index in [1.165, 1.54) is 24.4 Å². The largest absolute Gasteiger partial charge is 0.454 e. The van der Waals surface area contributed by atoms with Gasteiger partial charge in [0.15, 0.2) is 11.5 Å². The Balaban J connectivity index is 1.50. The summed E-state index contributed by atoms with van der Waals surface area (Å²) in [5, 5.41) is 3.77. The molecule has 0 saturated heterocycles. The first-order valence-electron chi connectivity index (χ1n) is 10.2. The van der Waals surface area contributed by atoms with Crippen LogP contribution in [0.2, 0.25) is 0 Å². The fourth-order valence-corrected chi connectivity index (χ4v) is 5.30. The lowest BCUT2D eigenvalue weighted by Gasteiger charge is -2.25. The van der Waals surface area contributed by atoms with Crippen LogP contribution in [-0.2, 0) is 14.8 Å². The Morgan fingerprint density at radius 1 is 1.03 bits per heavy atom. The molecule has 2 heterocycles. The van der Waals surface area contributed by atoms with Crippen LogP contribution in [0.1, 0.15) is 0 Å². The molecule has 1 N–H and O–H groups in total. The lowest BCUT2D eigenvalue weighted by molar-refractivity contribution is -0.114. The van der Waals surface area contributed by atoms with Crippen molar-refractivity contribution < 1.29 is 27.1 Å². The minimum atomic E-state index is -4.21. The highest BCUT2D eigenvalue weighted by atomic mass is 32.2. The lowest BCUT2D eigenvalue weighted by atomic mass is 10.2. The minimum Gasteiger partial charge on any atom is -0.454 e. The van der Waals surface area contributed by atoms with Crippen molar-refractivity contribution in [3.8, 4) is 11.5 Å². The Morgan fingerprint density at radius 3 is 2.65 bits per heavy atom. The van der Waals surface area contributed by atoms with Crippen LogP contribution >= 0.6 is 0 Å². The summed E-state index contributed by atoms with van der Waals surface area (Å²) >= 11 is 0. The Labute approximate surface area is 194 Å². The molecule has 1 aromatic heterocycles. The van der Waals surface area contributed by atoms with Gasteiger partial charge >= 0.3 is 0 Å². The number of carbonyl (C=O) groups is 1. The number of sulfonamides is 1. The Bertz CT molecular complexity index is 1490. The second-order valence-electron chi connectivity index (χ2n) is 7.46. The van der Waals surface area contributed by atoms with E-state index in [9.17, 15) is 17.6 Å². The van der Waals surface area contributed by atoms with E-state index in [4.69, 9.17) is 9.47 Å². The van der Waals surface area contributed by atoms with Gasteiger partial charge in [-0.25, -0.2) is 12.8 Å². The first-order chi connectivity index (χ1) is 16.4. The molecule has 0 saturated carbocycles. The molecule has 8 nitrogen and oxygen atoms in total. The number of anilines is 2. The summed E-state index contributed by atoms with van der Waals surface area (Å²) in [4.78, 5) is 17.0. The molecule has 1 aliphatic heterocycles. The van der Waals surface area contributed by atoms with Crippen LogP contribution in [0.15, 0.2) is 84.0 Å². The highest BCUT2D eigenvalue weighted by Gasteiger charge is 2.29. The monoisotopic (exact) mass is 479 g/mol. The summed E-state index contributed by atoms with van der Waals surface area (Å²) in [6.45, 7) is -0.451. The van der Waals surface area contributed by atoms with Crippen molar-refractivity contribution in [1.82, 2.24) is 4.98 Å². The molecular formula is C24H18FN3O5S. The number of nitrogens with zero attached hydrogens (tertiary/aromatic N) is 2. The summed E-state index contributed by atoms with van der Waals surface area (Å²) in [6, 6.07) is 16.2. The van der Waals surface area contributed by atoms with Gasteiger partial charge in [0.05, 0.1) is 10.6 Å². The van der Waals surface area contributed by atoms with Crippen LogP contribution in [0.5, 0.6) is 11.5 Å². The van der Waals surface area contributed by atoms with E-state index in [1.807, 2.05) is 0 Å². The predicted octanol–water partition coefficient (Wildman–Crippen LogP) is 3.94. The molecule has 4 aromatic rings. The van der Waals surface area contributed by atoms with Crippen LogP contribution < -0.4 is 19.1 Å². The fraction of sp³-hybridized carbons (Fsp3) is 0.0833. The van der Waals surface area contributed by atoms with Crippen molar-refractivity contribution in [2.24, 2.45) is 0 Å². The topological polar surface area (TPSA) is 97.8 Å². The highest BCUT2D eigenvalue weighted by molar-refractivity contribution is 7.93. The summed E-state index contributed by atoms with van der Waals surface area (Å²) in [5.41, 5.74) is 0.565. The number of amides is 1. The smallest absolute Gasteiger partial charge is 0.265 e. The van der Waals surface area contributed by atoms with Gasteiger partial charge in [-0.15, -0.1) is 0 Å². The van der Waals surface area contributed by atoms with Crippen LogP contribution in [0, 0.1) is 5.82 Å². The lowest BCUT2D eigenvalue weighted by Crippen LogP contribution is -2.38. The van der Waals surface area contributed by atoms with Crippen molar-refractivity contribution in [3.63, 3.8) is 0 Å². The van der Waals surface area contributed by atoms with Crippen LogP contribution in [0.25, 0.3) is 10.8 Å². The number of nitrogens with one attached hydrogen (secondary N) is 1. The number of hydrogen-bond donors (Lipinski definition) is 1. The predicted molar refractivity (Wildman–Crippen MR) is 124 cm³/mol. The number of benzene rings is 3. The van der Waals surface area contributed by atoms with Gasteiger partial charge in [-0.2, -0.15) is 0 Å². The van der Waals surface area contributed by atoms with Gasteiger partial charge in [-0.05, 0) is 48.5 Å². The average molecular weight is 479 g/mol. The molecule has 10 heteroatoms. The molecule has 0 fully saturated rings. The second kappa shape index (κ2) is 8.64. The summed E-state index contributed by atoms with van der Waals surface area (Å²) in [5.74, 6) is -0.0834. The number of fused-ring (bicyclic) bond motifs is 2. The zero-order valence-corrected chi connectivity index (χ0v) is 18.5. The van der Waals surface area contributed by atoms with Crippen molar-refractivity contribution in [2.45, 2.75) is 4.90 Å². The van der Waals surface area contributed by atoms with E-state index in [1.54, 1.807) is 42.6 Å². The van der Waals surface area contributed by atoms with Crippen molar-refractivity contribution in [2.75, 3.05) is 23.0 Å². The molecule has 34 heavy (non-hydrogen) atoms. The van der Waals surface area contributed by atoms with Crippen molar-refractivity contribution in [3.05, 3.63) is 84.9 Å². The van der Waals surface area contributed by atoms with Gasteiger partial charge in [-0.1, -0.05) is 12.1 Å². The van der Waals surface area contributed by atoms with Gasteiger partial charge in [0, 0.05) is 34.9 Å². The first-order valence-corrected chi connectivity index (χ1v) is 11.7. The van der Waals surface area contributed by atoms with E-state index in [0.29, 0.717) is 28.0 Å². The molecule has 0 aliphatic carbocycles. The second-order valence-corrected chi connectivity index (χ2v) is 9.29. The third-order valence-corrected chi connectivity index (χ3v) is 7.10. The molecule has 0 spiro atoms. The minimum absolute atomic E-state index is 0.00704.